The third-order valence-corrected chi connectivity index (χ3v) is 4.79. The van der Waals surface area contributed by atoms with Crippen molar-refractivity contribution in [1.29, 1.82) is 0 Å². The van der Waals surface area contributed by atoms with Crippen molar-refractivity contribution < 1.29 is 14.3 Å². The lowest BCUT2D eigenvalue weighted by atomic mass is 9.86. The number of likely N-dealkylation sites (N-methyl/N-ethyl adjacent to an activating group) is 1. The first-order valence-electron chi connectivity index (χ1n) is 9.17. The molecular formula is C22H26N2O3. The zero-order valence-electron chi connectivity index (χ0n) is 16.3. The zero-order valence-corrected chi connectivity index (χ0v) is 16.3. The molecule has 0 spiro atoms. The van der Waals surface area contributed by atoms with Gasteiger partial charge in [0.2, 0.25) is 5.91 Å². The minimum Gasteiger partial charge on any atom is -0.481 e. The lowest BCUT2D eigenvalue weighted by molar-refractivity contribution is -0.121. The van der Waals surface area contributed by atoms with Gasteiger partial charge in [-0.3, -0.25) is 9.59 Å². The van der Waals surface area contributed by atoms with Gasteiger partial charge in [-0.2, -0.15) is 0 Å². The molecule has 1 N–H and O–H groups in total. The van der Waals surface area contributed by atoms with Crippen LogP contribution in [0.25, 0.3) is 0 Å². The highest BCUT2D eigenvalue weighted by Crippen LogP contribution is 2.33. The van der Waals surface area contributed by atoms with Gasteiger partial charge in [-0.15, -0.1) is 0 Å². The quantitative estimate of drug-likeness (QED) is 0.892. The molecule has 3 rings (SSSR count). The first-order chi connectivity index (χ1) is 12.7. The molecule has 27 heavy (non-hydrogen) atoms. The van der Waals surface area contributed by atoms with E-state index >= 15 is 0 Å². The van der Waals surface area contributed by atoms with Gasteiger partial charge in [0.1, 0.15) is 5.75 Å². The molecular weight excluding hydrogens is 340 g/mol. The summed E-state index contributed by atoms with van der Waals surface area (Å²) in [5, 5.41) is 2.90. The summed E-state index contributed by atoms with van der Waals surface area (Å²) < 4.78 is 5.45. The van der Waals surface area contributed by atoms with E-state index in [1.807, 2.05) is 0 Å². The Labute approximate surface area is 160 Å². The van der Waals surface area contributed by atoms with Crippen molar-refractivity contribution in [3.05, 3.63) is 53.6 Å². The van der Waals surface area contributed by atoms with E-state index in [-0.39, 0.29) is 23.8 Å². The number of nitrogens with one attached hydrogen (secondary N) is 1. The lowest BCUT2D eigenvalue weighted by Gasteiger charge is -2.26. The molecule has 1 aliphatic heterocycles. The van der Waals surface area contributed by atoms with Gasteiger partial charge in [0.15, 0.2) is 6.61 Å². The Morgan fingerprint density at radius 1 is 1.15 bits per heavy atom. The van der Waals surface area contributed by atoms with E-state index in [1.165, 1.54) is 5.56 Å². The van der Waals surface area contributed by atoms with E-state index in [9.17, 15) is 9.59 Å². The molecule has 0 radical (unpaired) electrons. The summed E-state index contributed by atoms with van der Waals surface area (Å²) >= 11 is 0. The summed E-state index contributed by atoms with van der Waals surface area (Å²) in [6, 6.07) is 13.8. The maximum Gasteiger partial charge on any atom is 0.264 e. The predicted octanol–water partition coefficient (Wildman–Crippen LogP) is 3.91. The van der Waals surface area contributed by atoms with E-state index in [2.05, 4.69) is 50.4 Å². The van der Waals surface area contributed by atoms with E-state index in [4.69, 9.17) is 4.74 Å². The van der Waals surface area contributed by atoms with Crippen molar-refractivity contribution in [3.63, 3.8) is 0 Å². The molecule has 0 aliphatic carbocycles. The number of nitrogens with zero attached hydrogens (tertiary/aromatic N) is 1. The van der Waals surface area contributed by atoms with Crippen LogP contribution in [0.15, 0.2) is 42.5 Å². The molecule has 2 aromatic rings. The summed E-state index contributed by atoms with van der Waals surface area (Å²) in [5.41, 5.74) is 3.94. The number of hydrogen-bond acceptors (Lipinski definition) is 3. The summed E-state index contributed by atoms with van der Waals surface area (Å²) in [6.07, 6.45) is 1.10. The van der Waals surface area contributed by atoms with Gasteiger partial charge in [-0.1, -0.05) is 45.0 Å². The molecule has 0 saturated heterocycles. The number of aryl methyl sites for hydroxylation is 1. The number of fused-ring (bicyclic) bond motifs is 1. The van der Waals surface area contributed by atoms with Crippen LogP contribution in [0.2, 0.25) is 0 Å². The summed E-state index contributed by atoms with van der Waals surface area (Å²) in [5.74, 6) is 0.472. The van der Waals surface area contributed by atoms with Gasteiger partial charge in [-0.05, 0) is 35.1 Å². The average Bonchev–Trinajstić information content (AvgIpc) is 2.63. The van der Waals surface area contributed by atoms with E-state index < -0.39 is 0 Å². The van der Waals surface area contributed by atoms with Crippen molar-refractivity contribution in [2.45, 2.75) is 39.0 Å². The maximum atomic E-state index is 12.3. The third kappa shape index (κ3) is 4.48. The summed E-state index contributed by atoms with van der Waals surface area (Å²) in [6.45, 7) is 6.58. The smallest absolute Gasteiger partial charge is 0.264 e. The third-order valence-electron chi connectivity index (χ3n) is 4.79. The Bertz CT molecular complexity index is 851. The van der Waals surface area contributed by atoms with Gasteiger partial charge >= 0.3 is 0 Å². The van der Waals surface area contributed by atoms with E-state index in [0.717, 1.165) is 5.56 Å². The highest BCUT2D eigenvalue weighted by molar-refractivity contribution is 5.98. The molecule has 142 valence electrons. The Kier molecular flexibility index (Phi) is 5.22. The Balaban J connectivity index is 1.58. The van der Waals surface area contributed by atoms with Crippen LogP contribution < -0.4 is 15.0 Å². The molecule has 0 unspecified atom stereocenters. The molecule has 0 bridgehead atoms. The topological polar surface area (TPSA) is 58.6 Å². The monoisotopic (exact) mass is 366 g/mol. The lowest BCUT2D eigenvalue weighted by Crippen LogP contribution is -2.35. The number of amides is 2. The number of carbonyl (C=O) groups is 2. The Hall–Kier alpha value is -2.82. The number of rotatable bonds is 4. The molecule has 5 nitrogen and oxygen atoms in total. The van der Waals surface area contributed by atoms with E-state index in [1.54, 1.807) is 30.1 Å². The first-order valence-corrected chi connectivity index (χ1v) is 9.17. The summed E-state index contributed by atoms with van der Waals surface area (Å²) in [4.78, 5) is 25.5. The highest BCUT2D eigenvalue weighted by atomic mass is 16.5. The van der Waals surface area contributed by atoms with Crippen LogP contribution in [-0.4, -0.2) is 25.5 Å². The van der Waals surface area contributed by atoms with Gasteiger partial charge < -0.3 is 15.0 Å². The molecule has 0 atom stereocenters. The minimum absolute atomic E-state index is 0.0193. The number of hydrogen-bond donors (Lipinski definition) is 1. The van der Waals surface area contributed by atoms with Crippen molar-refractivity contribution in [2.75, 3.05) is 23.9 Å². The fourth-order valence-electron chi connectivity index (χ4n) is 3.01. The average molecular weight is 366 g/mol. The molecule has 0 fully saturated rings. The van der Waals surface area contributed by atoms with Crippen LogP contribution in [0.3, 0.4) is 0 Å². The van der Waals surface area contributed by atoms with Gasteiger partial charge in [0.25, 0.3) is 5.91 Å². The number of anilines is 2. The van der Waals surface area contributed by atoms with Crippen molar-refractivity contribution in [2.24, 2.45) is 0 Å². The largest absolute Gasteiger partial charge is 0.481 e. The van der Waals surface area contributed by atoms with Gasteiger partial charge in [0, 0.05) is 25.2 Å². The minimum atomic E-state index is -0.0863. The molecule has 5 heteroatoms. The highest BCUT2D eigenvalue weighted by Gasteiger charge is 2.22. The first kappa shape index (κ1) is 19.0. The standard InChI is InChI=1S/C22H26N2O3/c1-22(2,3)16-8-5-15(6-9-16)7-12-20(25)23-17-10-11-18-19(13-17)27-14-21(26)24(18)4/h5-6,8-11,13H,7,12,14H2,1-4H3,(H,23,25). The van der Waals surface area contributed by atoms with Crippen molar-refractivity contribution >= 4 is 23.2 Å². The van der Waals surface area contributed by atoms with Crippen molar-refractivity contribution in [1.82, 2.24) is 0 Å². The maximum absolute atomic E-state index is 12.3. The number of carbonyl (C=O) groups excluding carboxylic acids is 2. The summed E-state index contributed by atoms with van der Waals surface area (Å²) in [7, 11) is 1.72. The van der Waals surface area contributed by atoms with Crippen LogP contribution in [-0.2, 0) is 21.4 Å². The van der Waals surface area contributed by atoms with Crippen LogP contribution in [0.5, 0.6) is 5.75 Å². The second-order valence-electron chi connectivity index (χ2n) is 7.92. The molecule has 1 heterocycles. The zero-order chi connectivity index (χ0) is 19.6. The van der Waals surface area contributed by atoms with Gasteiger partial charge in [-0.25, -0.2) is 0 Å². The second-order valence-corrected chi connectivity index (χ2v) is 7.92. The predicted molar refractivity (Wildman–Crippen MR) is 107 cm³/mol. The fraction of sp³-hybridized carbons (Fsp3) is 0.364. The molecule has 1 aliphatic rings. The van der Waals surface area contributed by atoms with Crippen LogP contribution in [0.4, 0.5) is 11.4 Å². The SMILES string of the molecule is CN1C(=O)COc2cc(NC(=O)CCc3ccc(C(C)(C)C)cc3)ccc21. The van der Waals surface area contributed by atoms with Crippen molar-refractivity contribution in [3.8, 4) is 5.75 Å². The van der Waals surface area contributed by atoms with Crippen LogP contribution in [0, 0.1) is 0 Å². The van der Waals surface area contributed by atoms with E-state index in [0.29, 0.717) is 30.0 Å². The second kappa shape index (κ2) is 7.43. The van der Waals surface area contributed by atoms with Gasteiger partial charge in [0.05, 0.1) is 5.69 Å². The molecule has 0 saturated carbocycles. The normalized spacial score (nSPS) is 13.8. The molecule has 0 aromatic heterocycles. The van der Waals surface area contributed by atoms with Crippen LogP contribution >= 0.6 is 0 Å². The van der Waals surface area contributed by atoms with Crippen LogP contribution in [0.1, 0.15) is 38.3 Å². The Morgan fingerprint density at radius 2 is 1.85 bits per heavy atom. The Morgan fingerprint density at radius 3 is 2.52 bits per heavy atom. The number of benzene rings is 2. The molecule has 2 amide bonds. The fourth-order valence-corrected chi connectivity index (χ4v) is 3.01. The molecule has 2 aromatic carbocycles. The number of ether oxygens (including phenoxy) is 1.